The number of carbonyl (C=O) groups is 3. The number of nitrogens with one attached hydrogen (secondary N) is 2. The normalized spacial score (nSPS) is 10.2. The van der Waals surface area contributed by atoms with E-state index in [1.807, 2.05) is 13.8 Å². The van der Waals surface area contributed by atoms with Crippen LogP contribution in [-0.4, -0.2) is 36.0 Å². The second-order valence-corrected chi connectivity index (χ2v) is 5.32. The molecule has 1 aromatic rings. The molecule has 6 heteroatoms. The minimum Gasteiger partial charge on any atom is -0.478 e. The second kappa shape index (κ2) is 9.61. The molecule has 0 saturated heterocycles. The highest BCUT2D eigenvalue weighted by Crippen LogP contribution is 2.11. The number of rotatable bonds is 9. The van der Waals surface area contributed by atoms with E-state index < -0.39 is 5.97 Å². The van der Waals surface area contributed by atoms with Crippen LogP contribution in [0.5, 0.6) is 0 Å². The summed E-state index contributed by atoms with van der Waals surface area (Å²) in [5, 5.41) is 14.6. The van der Waals surface area contributed by atoms with Gasteiger partial charge in [-0.1, -0.05) is 26.7 Å². The summed E-state index contributed by atoms with van der Waals surface area (Å²) in [5.41, 5.74) is 0.289. The van der Waals surface area contributed by atoms with Gasteiger partial charge in [0, 0.05) is 24.2 Å². The van der Waals surface area contributed by atoms with Crippen LogP contribution in [0.25, 0.3) is 0 Å². The third-order valence-corrected chi connectivity index (χ3v) is 3.34. The Balaban J connectivity index is 2.95. The molecule has 6 nitrogen and oxygen atoms in total. The molecule has 1 aromatic carbocycles. The first-order valence-corrected chi connectivity index (χ1v) is 7.94. The number of benzene rings is 1. The maximum absolute atomic E-state index is 12.1. The van der Waals surface area contributed by atoms with Gasteiger partial charge in [-0.05, 0) is 31.0 Å². The van der Waals surface area contributed by atoms with Gasteiger partial charge in [-0.2, -0.15) is 0 Å². The van der Waals surface area contributed by atoms with Crippen molar-refractivity contribution < 1.29 is 19.5 Å². The van der Waals surface area contributed by atoms with Crippen LogP contribution in [0, 0.1) is 0 Å². The largest absolute Gasteiger partial charge is 0.478 e. The zero-order chi connectivity index (χ0) is 17.2. The number of amides is 2. The average Bonchev–Trinajstić information content (AvgIpc) is 2.54. The van der Waals surface area contributed by atoms with Gasteiger partial charge in [0.25, 0.3) is 11.8 Å². The number of hydrogen-bond acceptors (Lipinski definition) is 3. The van der Waals surface area contributed by atoms with Crippen molar-refractivity contribution in [3.63, 3.8) is 0 Å². The first-order valence-electron chi connectivity index (χ1n) is 7.94. The van der Waals surface area contributed by atoms with Crippen LogP contribution in [0.1, 0.15) is 70.6 Å². The van der Waals surface area contributed by atoms with Crippen LogP contribution in [0.15, 0.2) is 18.2 Å². The van der Waals surface area contributed by atoms with Gasteiger partial charge in [0.2, 0.25) is 0 Å². The summed E-state index contributed by atoms with van der Waals surface area (Å²) < 4.78 is 0. The Bertz CT molecular complexity index is 529. The lowest BCUT2D eigenvalue weighted by Crippen LogP contribution is -2.27. The molecule has 3 N–H and O–H groups in total. The molecule has 0 aliphatic rings. The van der Waals surface area contributed by atoms with Crippen LogP contribution >= 0.6 is 0 Å². The Morgan fingerprint density at radius 1 is 0.826 bits per heavy atom. The molecule has 0 spiro atoms. The van der Waals surface area contributed by atoms with Crippen molar-refractivity contribution in [1.82, 2.24) is 10.6 Å². The predicted molar refractivity (Wildman–Crippen MR) is 87.9 cm³/mol. The summed E-state index contributed by atoms with van der Waals surface area (Å²) in [7, 11) is 0. The van der Waals surface area contributed by atoms with Crippen LogP contribution in [0.2, 0.25) is 0 Å². The fourth-order valence-corrected chi connectivity index (χ4v) is 1.97. The quantitative estimate of drug-likeness (QED) is 0.609. The van der Waals surface area contributed by atoms with E-state index >= 15 is 0 Å². The van der Waals surface area contributed by atoms with Gasteiger partial charge in [-0.25, -0.2) is 4.79 Å². The molecule has 23 heavy (non-hydrogen) atoms. The van der Waals surface area contributed by atoms with E-state index in [9.17, 15) is 14.4 Å². The number of carboxylic acid groups (broad SMARTS) is 1. The Morgan fingerprint density at radius 3 is 1.57 bits per heavy atom. The molecule has 0 atom stereocenters. The van der Waals surface area contributed by atoms with Gasteiger partial charge in [-0.3, -0.25) is 9.59 Å². The standard InChI is InChI=1S/C17H24N2O4/c1-3-5-7-18-15(20)12-9-13(11-14(10-12)17(22)23)16(21)19-8-6-4-2/h9-11H,3-8H2,1-2H3,(H,18,20)(H,19,21)(H,22,23). The molecule has 0 saturated carbocycles. The molecule has 0 heterocycles. The van der Waals surface area contributed by atoms with E-state index in [0.717, 1.165) is 25.7 Å². The van der Waals surface area contributed by atoms with E-state index in [1.54, 1.807) is 0 Å². The summed E-state index contributed by atoms with van der Waals surface area (Å²) >= 11 is 0. The molecule has 0 bridgehead atoms. The first kappa shape index (κ1) is 18.7. The summed E-state index contributed by atoms with van der Waals surface area (Å²) in [6.45, 7) is 5.06. The maximum Gasteiger partial charge on any atom is 0.335 e. The predicted octanol–water partition coefficient (Wildman–Crippen LogP) is 2.44. The highest BCUT2D eigenvalue weighted by molar-refractivity contribution is 6.03. The molecule has 0 aliphatic carbocycles. The number of carbonyl (C=O) groups excluding carboxylic acids is 2. The fourth-order valence-electron chi connectivity index (χ4n) is 1.97. The zero-order valence-electron chi connectivity index (χ0n) is 13.6. The zero-order valence-corrected chi connectivity index (χ0v) is 13.6. The lowest BCUT2D eigenvalue weighted by molar-refractivity contribution is 0.0697. The van der Waals surface area contributed by atoms with E-state index in [4.69, 9.17) is 5.11 Å². The molecular formula is C17H24N2O4. The van der Waals surface area contributed by atoms with E-state index in [2.05, 4.69) is 10.6 Å². The van der Waals surface area contributed by atoms with Crippen molar-refractivity contribution in [2.75, 3.05) is 13.1 Å². The van der Waals surface area contributed by atoms with Crippen molar-refractivity contribution in [3.8, 4) is 0 Å². The number of aromatic carboxylic acids is 1. The third-order valence-electron chi connectivity index (χ3n) is 3.34. The summed E-state index contributed by atoms with van der Waals surface area (Å²) in [4.78, 5) is 35.4. The lowest BCUT2D eigenvalue weighted by atomic mass is 10.0. The topological polar surface area (TPSA) is 95.5 Å². The highest BCUT2D eigenvalue weighted by Gasteiger charge is 2.15. The molecule has 0 aromatic heterocycles. The van der Waals surface area contributed by atoms with E-state index in [-0.39, 0.29) is 28.5 Å². The number of unbranched alkanes of at least 4 members (excludes halogenated alkanes) is 2. The average molecular weight is 320 g/mol. The van der Waals surface area contributed by atoms with Crippen LogP contribution in [0.3, 0.4) is 0 Å². The Kier molecular flexibility index (Phi) is 7.80. The van der Waals surface area contributed by atoms with Gasteiger partial charge in [0.15, 0.2) is 0 Å². The Labute approximate surface area is 136 Å². The lowest BCUT2D eigenvalue weighted by Gasteiger charge is -2.09. The minimum absolute atomic E-state index is 0.0752. The van der Waals surface area contributed by atoms with Gasteiger partial charge in [0.1, 0.15) is 0 Å². The van der Waals surface area contributed by atoms with Gasteiger partial charge >= 0.3 is 5.97 Å². The van der Waals surface area contributed by atoms with E-state index in [1.165, 1.54) is 18.2 Å². The number of carboxylic acids is 1. The van der Waals surface area contributed by atoms with Gasteiger partial charge in [0.05, 0.1) is 5.56 Å². The minimum atomic E-state index is -1.17. The molecule has 0 radical (unpaired) electrons. The van der Waals surface area contributed by atoms with Crippen molar-refractivity contribution in [1.29, 1.82) is 0 Å². The van der Waals surface area contributed by atoms with Crippen molar-refractivity contribution in [2.24, 2.45) is 0 Å². The van der Waals surface area contributed by atoms with E-state index in [0.29, 0.717) is 13.1 Å². The number of hydrogen-bond donors (Lipinski definition) is 3. The van der Waals surface area contributed by atoms with Crippen LogP contribution in [-0.2, 0) is 0 Å². The van der Waals surface area contributed by atoms with Crippen molar-refractivity contribution in [2.45, 2.75) is 39.5 Å². The summed E-state index contributed by atoms with van der Waals surface area (Å²) in [6.07, 6.45) is 3.57. The third kappa shape index (κ3) is 6.10. The molecular weight excluding hydrogens is 296 g/mol. The first-order chi connectivity index (χ1) is 11.0. The second-order valence-electron chi connectivity index (χ2n) is 5.32. The SMILES string of the molecule is CCCCNC(=O)c1cc(C(=O)O)cc(C(=O)NCCCC)c1. The van der Waals surface area contributed by atoms with Crippen molar-refractivity contribution in [3.05, 3.63) is 34.9 Å². The fraction of sp³-hybridized carbons (Fsp3) is 0.471. The Morgan fingerprint density at radius 2 is 1.22 bits per heavy atom. The molecule has 0 unspecified atom stereocenters. The van der Waals surface area contributed by atoms with Gasteiger partial charge < -0.3 is 15.7 Å². The molecule has 2 amide bonds. The smallest absolute Gasteiger partial charge is 0.335 e. The van der Waals surface area contributed by atoms with Crippen molar-refractivity contribution >= 4 is 17.8 Å². The molecule has 0 aliphatic heterocycles. The molecule has 0 fully saturated rings. The summed E-state index contributed by atoms with van der Waals surface area (Å²) in [6, 6.07) is 3.99. The maximum atomic E-state index is 12.1. The van der Waals surface area contributed by atoms with Crippen LogP contribution < -0.4 is 10.6 Å². The monoisotopic (exact) mass is 320 g/mol. The molecule has 1 rings (SSSR count). The summed E-state index contributed by atoms with van der Waals surface area (Å²) in [5.74, 6) is -1.91. The highest BCUT2D eigenvalue weighted by atomic mass is 16.4. The van der Waals surface area contributed by atoms with Crippen LogP contribution in [0.4, 0.5) is 0 Å². The van der Waals surface area contributed by atoms with Gasteiger partial charge in [-0.15, -0.1) is 0 Å². The Hall–Kier alpha value is -2.37. The molecule has 126 valence electrons.